The van der Waals surface area contributed by atoms with Crippen molar-refractivity contribution in [3.63, 3.8) is 0 Å². The van der Waals surface area contributed by atoms with Gasteiger partial charge in [0.15, 0.2) is 0 Å². The maximum absolute atomic E-state index is 12.0. The molecule has 0 aliphatic heterocycles. The highest BCUT2D eigenvalue weighted by atomic mass is 16.2. The van der Waals surface area contributed by atoms with Gasteiger partial charge in [0.25, 0.3) is 0 Å². The Morgan fingerprint density at radius 2 is 2.00 bits per heavy atom. The van der Waals surface area contributed by atoms with Crippen LogP contribution in [0.2, 0.25) is 0 Å². The first-order valence-corrected chi connectivity index (χ1v) is 7.27. The first-order valence-electron chi connectivity index (χ1n) is 7.27. The molecule has 0 saturated heterocycles. The van der Waals surface area contributed by atoms with Crippen LogP contribution in [0, 0.1) is 5.92 Å². The fourth-order valence-electron chi connectivity index (χ4n) is 2.50. The van der Waals surface area contributed by atoms with E-state index in [-0.39, 0.29) is 29.8 Å². The van der Waals surface area contributed by atoms with E-state index in [0.29, 0.717) is 13.0 Å². The smallest absolute Gasteiger partial charge is 0.223 e. The molecule has 5 heteroatoms. The molecule has 0 heterocycles. The van der Waals surface area contributed by atoms with Crippen molar-refractivity contribution in [1.29, 1.82) is 0 Å². The summed E-state index contributed by atoms with van der Waals surface area (Å²) >= 11 is 0. The maximum atomic E-state index is 12.0. The molecule has 1 saturated carbocycles. The van der Waals surface area contributed by atoms with E-state index in [9.17, 15) is 9.59 Å². The summed E-state index contributed by atoms with van der Waals surface area (Å²) < 4.78 is 0. The Hall–Kier alpha value is -1.10. The quantitative estimate of drug-likeness (QED) is 0.668. The molecule has 0 aromatic rings. The summed E-state index contributed by atoms with van der Waals surface area (Å²) in [5.41, 5.74) is 0. The second kappa shape index (κ2) is 8.15. The molecule has 0 aromatic heterocycles. The molecular formula is C14H27N3O2. The Labute approximate surface area is 115 Å². The first-order chi connectivity index (χ1) is 9.02. The summed E-state index contributed by atoms with van der Waals surface area (Å²) in [6.07, 6.45) is 4.19. The van der Waals surface area contributed by atoms with Crippen LogP contribution in [0.15, 0.2) is 0 Å². The number of rotatable bonds is 6. The zero-order chi connectivity index (χ0) is 14.3. The lowest BCUT2D eigenvalue weighted by Gasteiger charge is -2.29. The van der Waals surface area contributed by atoms with Gasteiger partial charge in [-0.05, 0) is 40.2 Å². The Balaban J connectivity index is 2.37. The predicted octanol–water partition coefficient (Wildman–Crippen LogP) is 0.795. The molecule has 2 atom stereocenters. The second-order valence-electron chi connectivity index (χ2n) is 5.64. The summed E-state index contributed by atoms with van der Waals surface area (Å²) in [6.45, 7) is 4.63. The Morgan fingerprint density at radius 3 is 2.63 bits per heavy atom. The van der Waals surface area contributed by atoms with Crippen LogP contribution in [0.5, 0.6) is 0 Å². The fourth-order valence-corrected chi connectivity index (χ4v) is 2.50. The van der Waals surface area contributed by atoms with E-state index in [1.807, 2.05) is 20.9 Å². The summed E-state index contributed by atoms with van der Waals surface area (Å²) in [5.74, 6) is 0.249. The number of hydrogen-bond acceptors (Lipinski definition) is 3. The summed E-state index contributed by atoms with van der Waals surface area (Å²) in [7, 11) is 1.83. The standard InChI is InChI=1S/C14H27N3O2/c1-10(2)16-14(19)11-5-4-6-12(9-11)17-13(18)7-8-15-3/h10-12,15H,4-9H2,1-3H3,(H,16,19)(H,17,18). The van der Waals surface area contributed by atoms with Crippen LogP contribution in [0.25, 0.3) is 0 Å². The van der Waals surface area contributed by atoms with E-state index in [4.69, 9.17) is 0 Å². The monoisotopic (exact) mass is 269 g/mol. The second-order valence-corrected chi connectivity index (χ2v) is 5.64. The highest BCUT2D eigenvalue weighted by molar-refractivity contribution is 5.79. The van der Waals surface area contributed by atoms with E-state index in [2.05, 4.69) is 16.0 Å². The van der Waals surface area contributed by atoms with Gasteiger partial charge in [-0.3, -0.25) is 9.59 Å². The van der Waals surface area contributed by atoms with Crippen molar-refractivity contribution in [2.45, 2.75) is 58.0 Å². The molecule has 2 unspecified atom stereocenters. The SMILES string of the molecule is CNCCC(=O)NC1CCCC(C(=O)NC(C)C)C1. The number of carbonyl (C=O) groups is 2. The number of nitrogens with one attached hydrogen (secondary N) is 3. The van der Waals surface area contributed by atoms with Crippen molar-refractivity contribution in [3.05, 3.63) is 0 Å². The molecular weight excluding hydrogens is 242 g/mol. The topological polar surface area (TPSA) is 70.2 Å². The van der Waals surface area contributed by atoms with E-state index in [0.717, 1.165) is 25.7 Å². The number of carbonyl (C=O) groups excluding carboxylic acids is 2. The molecule has 2 amide bonds. The van der Waals surface area contributed by atoms with E-state index in [1.165, 1.54) is 0 Å². The van der Waals surface area contributed by atoms with Gasteiger partial charge < -0.3 is 16.0 Å². The molecule has 3 N–H and O–H groups in total. The average Bonchev–Trinajstić information content (AvgIpc) is 2.36. The largest absolute Gasteiger partial charge is 0.354 e. The van der Waals surface area contributed by atoms with Crippen molar-refractivity contribution >= 4 is 11.8 Å². The van der Waals surface area contributed by atoms with Crippen LogP contribution in [-0.4, -0.2) is 37.5 Å². The molecule has 0 spiro atoms. The van der Waals surface area contributed by atoms with Gasteiger partial charge in [0.1, 0.15) is 0 Å². The minimum absolute atomic E-state index is 0.0470. The van der Waals surface area contributed by atoms with Crippen LogP contribution in [-0.2, 0) is 9.59 Å². The van der Waals surface area contributed by atoms with Crippen LogP contribution in [0.3, 0.4) is 0 Å². The highest BCUT2D eigenvalue weighted by Gasteiger charge is 2.28. The van der Waals surface area contributed by atoms with Crippen molar-refractivity contribution in [2.75, 3.05) is 13.6 Å². The maximum Gasteiger partial charge on any atom is 0.223 e. The van der Waals surface area contributed by atoms with Gasteiger partial charge in [0, 0.05) is 31.0 Å². The van der Waals surface area contributed by atoms with Gasteiger partial charge in [0.2, 0.25) is 11.8 Å². The van der Waals surface area contributed by atoms with Crippen LogP contribution in [0.4, 0.5) is 0 Å². The van der Waals surface area contributed by atoms with Crippen LogP contribution in [0.1, 0.15) is 46.0 Å². The van der Waals surface area contributed by atoms with E-state index in [1.54, 1.807) is 0 Å². The van der Waals surface area contributed by atoms with Crippen LogP contribution >= 0.6 is 0 Å². The van der Waals surface area contributed by atoms with Gasteiger partial charge in [-0.1, -0.05) is 6.42 Å². The van der Waals surface area contributed by atoms with Gasteiger partial charge in [0.05, 0.1) is 0 Å². The van der Waals surface area contributed by atoms with Crippen molar-refractivity contribution in [1.82, 2.24) is 16.0 Å². The molecule has 0 aromatic carbocycles. The number of amides is 2. The first kappa shape index (κ1) is 16.0. The third-order valence-electron chi connectivity index (χ3n) is 3.44. The zero-order valence-corrected chi connectivity index (χ0v) is 12.3. The molecule has 1 rings (SSSR count). The van der Waals surface area contributed by atoms with Gasteiger partial charge in [-0.25, -0.2) is 0 Å². The minimum atomic E-state index is 0.0470. The lowest BCUT2D eigenvalue weighted by Crippen LogP contribution is -2.44. The van der Waals surface area contributed by atoms with Gasteiger partial charge in [-0.15, -0.1) is 0 Å². The molecule has 5 nitrogen and oxygen atoms in total. The van der Waals surface area contributed by atoms with Gasteiger partial charge in [-0.2, -0.15) is 0 Å². The average molecular weight is 269 g/mol. The van der Waals surface area contributed by atoms with E-state index >= 15 is 0 Å². The summed E-state index contributed by atoms with van der Waals surface area (Å²) in [4.78, 5) is 23.7. The Kier molecular flexibility index (Phi) is 6.84. The Bertz CT molecular complexity index is 305. The third-order valence-corrected chi connectivity index (χ3v) is 3.44. The molecule has 0 bridgehead atoms. The third kappa shape index (κ3) is 6.05. The molecule has 110 valence electrons. The lowest BCUT2D eigenvalue weighted by molar-refractivity contribution is -0.128. The minimum Gasteiger partial charge on any atom is -0.354 e. The lowest BCUT2D eigenvalue weighted by atomic mass is 9.85. The summed E-state index contributed by atoms with van der Waals surface area (Å²) in [5, 5.41) is 8.95. The summed E-state index contributed by atoms with van der Waals surface area (Å²) in [6, 6.07) is 0.333. The van der Waals surface area contributed by atoms with E-state index < -0.39 is 0 Å². The molecule has 1 fully saturated rings. The van der Waals surface area contributed by atoms with Gasteiger partial charge >= 0.3 is 0 Å². The molecule has 1 aliphatic rings. The Morgan fingerprint density at radius 1 is 1.26 bits per heavy atom. The molecule has 1 aliphatic carbocycles. The predicted molar refractivity (Wildman–Crippen MR) is 75.7 cm³/mol. The van der Waals surface area contributed by atoms with Crippen molar-refractivity contribution in [2.24, 2.45) is 5.92 Å². The van der Waals surface area contributed by atoms with Crippen molar-refractivity contribution < 1.29 is 9.59 Å². The van der Waals surface area contributed by atoms with Crippen LogP contribution < -0.4 is 16.0 Å². The van der Waals surface area contributed by atoms with Crippen molar-refractivity contribution in [3.8, 4) is 0 Å². The normalized spacial score (nSPS) is 23.2. The number of hydrogen-bond donors (Lipinski definition) is 3. The fraction of sp³-hybridized carbons (Fsp3) is 0.857. The molecule has 19 heavy (non-hydrogen) atoms. The highest BCUT2D eigenvalue weighted by Crippen LogP contribution is 2.24. The molecule has 0 radical (unpaired) electrons. The zero-order valence-electron chi connectivity index (χ0n) is 12.3.